The van der Waals surface area contributed by atoms with Crippen molar-refractivity contribution in [1.82, 2.24) is 15.2 Å². The number of pyridine rings is 1. The smallest absolute Gasteiger partial charge is 0.260 e. The number of nitrogens with zero attached hydrogens (tertiary/aromatic N) is 2. The van der Waals surface area contributed by atoms with E-state index in [1.54, 1.807) is 49.5 Å². The number of hydrogen-bond donors (Lipinski definition) is 2. The average molecular weight is 437 g/mol. The Hall–Kier alpha value is -3.22. The van der Waals surface area contributed by atoms with Crippen molar-refractivity contribution in [1.29, 1.82) is 5.41 Å². The summed E-state index contributed by atoms with van der Waals surface area (Å²) in [6.45, 7) is 1.83. The number of carbonyl (C=O) groups is 1. The number of amides is 1. The zero-order valence-electron chi connectivity index (χ0n) is 18.6. The highest BCUT2D eigenvalue weighted by atomic mass is 19.1. The van der Waals surface area contributed by atoms with Gasteiger partial charge in [0.05, 0.1) is 17.0 Å². The van der Waals surface area contributed by atoms with Crippen LogP contribution in [0, 0.1) is 18.2 Å². The monoisotopic (exact) mass is 436 g/mol. The summed E-state index contributed by atoms with van der Waals surface area (Å²) in [4.78, 5) is 19.3. The molecule has 1 aromatic heterocycles. The number of allylic oxidation sites excluding steroid dienone is 1. The van der Waals surface area contributed by atoms with Gasteiger partial charge in [-0.25, -0.2) is 4.39 Å². The molecule has 0 radical (unpaired) electrons. The molecule has 0 bridgehead atoms. The second-order valence-corrected chi connectivity index (χ2v) is 8.46. The fraction of sp³-hybridized carbons (Fsp3) is 0.400. The van der Waals surface area contributed by atoms with E-state index >= 15 is 4.39 Å². The summed E-state index contributed by atoms with van der Waals surface area (Å²) < 4.78 is 20.9. The van der Waals surface area contributed by atoms with Gasteiger partial charge in [0.25, 0.3) is 5.91 Å². The van der Waals surface area contributed by atoms with Crippen LogP contribution in [0.1, 0.15) is 64.8 Å². The van der Waals surface area contributed by atoms with Crippen LogP contribution < -0.4 is 10.1 Å². The first-order chi connectivity index (χ1) is 15.5. The van der Waals surface area contributed by atoms with E-state index < -0.39 is 5.82 Å². The van der Waals surface area contributed by atoms with Crippen molar-refractivity contribution in [2.75, 3.05) is 13.8 Å². The van der Waals surface area contributed by atoms with E-state index in [2.05, 4.69) is 10.3 Å². The Morgan fingerprint density at radius 1 is 1.34 bits per heavy atom. The standard InChI is InChI=1S/C25H29FN4O2/c1-16-18(12-17-8-9-22(29-14-17)21(27)10-11-28-2)13-20-24(23(16)26)32-15-30(25(20)31)19-6-4-3-5-7-19/h8-11,13-14,19,27-28H,3-7,12,15H2,1-2H3/b11-10-,27-21?. The molecule has 168 valence electrons. The summed E-state index contributed by atoms with van der Waals surface area (Å²) in [5, 5.41) is 10.9. The predicted molar refractivity (Wildman–Crippen MR) is 122 cm³/mol. The molecule has 4 rings (SSSR count). The molecule has 2 heterocycles. The molecule has 7 heteroatoms. The normalized spacial score (nSPS) is 16.7. The minimum atomic E-state index is -0.460. The second-order valence-electron chi connectivity index (χ2n) is 8.46. The third-order valence-electron chi connectivity index (χ3n) is 6.34. The summed E-state index contributed by atoms with van der Waals surface area (Å²) in [6, 6.07) is 5.60. The second kappa shape index (κ2) is 9.51. The lowest BCUT2D eigenvalue weighted by Crippen LogP contribution is -2.46. The third kappa shape index (κ3) is 4.38. The number of fused-ring (bicyclic) bond motifs is 1. The molecule has 0 spiro atoms. The number of nitrogens with one attached hydrogen (secondary N) is 2. The van der Waals surface area contributed by atoms with Crippen LogP contribution >= 0.6 is 0 Å². The Morgan fingerprint density at radius 3 is 2.81 bits per heavy atom. The lowest BCUT2D eigenvalue weighted by atomic mass is 9.92. The number of halogens is 1. The van der Waals surface area contributed by atoms with Crippen LogP contribution in [0.2, 0.25) is 0 Å². The summed E-state index contributed by atoms with van der Waals surface area (Å²) in [7, 11) is 1.77. The largest absolute Gasteiger partial charge is 0.469 e. The molecule has 0 unspecified atom stereocenters. The van der Waals surface area contributed by atoms with Crippen molar-refractivity contribution in [3.8, 4) is 5.75 Å². The molecule has 1 aliphatic heterocycles. The zero-order valence-corrected chi connectivity index (χ0v) is 18.6. The number of hydrogen-bond acceptors (Lipinski definition) is 5. The van der Waals surface area contributed by atoms with Crippen LogP contribution in [0.25, 0.3) is 0 Å². The minimum absolute atomic E-state index is 0.0709. The van der Waals surface area contributed by atoms with Gasteiger partial charge in [-0.05, 0) is 67.3 Å². The average Bonchev–Trinajstić information content (AvgIpc) is 2.82. The Bertz CT molecular complexity index is 1040. The van der Waals surface area contributed by atoms with E-state index in [0.29, 0.717) is 29.0 Å². The first kappa shape index (κ1) is 22.0. The van der Waals surface area contributed by atoms with E-state index in [9.17, 15) is 4.79 Å². The highest BCUT2D eigenvalue weighted by molar-refractivity contribution is 6.04. The fourth-order valence-corrected chi connectivity index (χ4v) is 4.43. The van der Waals surface area contributed by atoms with Crippen LogP contribution in [0.4, 0.5) is 4.39 Å². The summed E-state index contributed by atoms with van der Waals surface area (Å²) in [5.74, 6) is -0.532. The van der Waals surface area contributed by atoms with Crippen LogP contribution in [0.15, 0.2) is 36.7 Å². The van der Waals surface area contributed by atoms with Gasteiger partial charge in [-0.3, -0.25) is 15.2 Å². The van der Waals surface area contributed by atoms with Gasteiger partial charge in [-0.15, -0.1) is 0 Å². The van der Waals surface area contributed by atoms with E-state index in [0.717, 1.165) is 36.8 Å². The molecule has 1 saturated carbocycles. The van der Waals surface area contributed by atoms with E-state index in [-0.39, 0.29) is 24.4 Å². The molecule has 2 aliphatic rings. The van der Waals surface area contributed by atoms with Crippen LogP contribution in [-0.2, 0) is 6.42 Å². The maximum Gasteiger partial charge on any atom is 0.260 e. The van der Waals surface area contributed by atoms with E-state index in [4.69, 9.17) is 10.1 Å². The molecule has 1 aliphatic carbocycles. The maximum atomic E-state index is 15.1. The lowest BCUT2D eigenvalue weighted by molar-refractivity contribution is 0.0305. The lowest BCUT2D eigenvalue weighted by Gasteiger charge is -2.37. The van der Waals surface area contributed by atoms with Gasteiger partial charge in [0.1, 0.15) is 0 Å². The minimum Gasteiger partial charge on any atom is -0.469 e. The van der Waals surface area contributed by atoms with Gasteiger partial charge in [0.2, 0.25) is 0 Å². The van der Waals surface area contributed by atoms with Crippen LogP contribution in [0.3, 0.4) is 0 Å². The van der Waals surface area contributed by atoms with Crippen molar-refractivity contribution in [3.63, 3.8) is 0 Å². The highest BCUT2D eigenvalue weighted by Gasteiger charge is 2.34. The van der Waals surface area contributed by atoms with Crippen molar-refractivity contribution in [2.24, 2.45) is 0 Å². The summed E-state index contributed by atoms with van der Waals surface area (Å²) in [6.07, 6.45) is 10.8. The Morgan fingerprint density at radius 2 is 2.12 bits per heavy atom. The van der Waals surface area contributed by atoms with Crippen molar-refractivity contribution in [2.45, 2.75) is 51.5 Å². The number of ether oxygens (including phenoxy) is 1. The van der Waals surface area contributed by atoms with E-state index in [1.165, 1.54) is 6.42 Å². The van der Waals surface area contributed by atoms with Gasteiger partial charge in [0.15, 0.2) is 18.3 Å². The van der Waals surface area contributed by atoms with Crippen molar-refractivity contribution >= 4 is 11.6 Å². The molecular formula is C25H29FN4O2. The molecule has 32 heavy (non-hydrogen) atoms. The molecule has 6 nitrogen and oxygen atoms in total. The Kier molecular flexibility index (Phi) is 6.53. The van der Waals surface area contributed by atoms with Crippen molar-refractivity contribution < 1.29 is 13.9 Å². The van der Waals surface area contributed by atoms with Gasteiger partial charge >= 0.3 is 0 Å². The van der Waals surface area contributed by atoms with Crippen LogP contribution in [-0.4, -0.2) is 41.3 Å². The molecule has 1 fully saturated rings. The number of carbonyl (C=O) groups excluding carboxylic acids is 1. The number of benzene rings is 1. The molecule has 2 aromatic rings. The summed E-state index contributed by atoms with van der Waals surface area (Å²) >= 11 is 0. The SMILES string of the molecule is CN/C=C\C(=N)c1ccc(Cc2cc3c(c(F)c2C)OCN(C2CCCCC2)C3=O)cn1. The Labute approximate surface area is 188 Å². The van der Waals surface area contributed by atoms with Gasteiger partial charge in [-0.1, -0.05) is 25.3 Å². The molecule has 1 amide bonds. The third-order valence-corrected chi connectivity index (χ3v) is 6.34. The molecule has 0 atom stereocenters. The number of aromatic nitrogens is 1. The first-order valence-electron chi connectivity index (χ1n) is 11.1. The molecule has 0 saturated heterocycles. The number of rotatable bonds is 6. The first-order valence-corrected chi connectivity index (χ1v) is 11.1. The molecule has 1 aromatic carbocycles. The van der Waals surface area contributed by atoms with Gasteiger partial charge in [0, 0.05) is 19.3 Å². The topological polar surface area (TPSA) is 78.3 Å². The quantitative estimate of drug-likeness (QED) is 0.660. The fourth-order valence-electron chi connectivity index (χ4n) is 4.43. The van der Waals surface area contributed by atoms with E-state index in [1.807, 2.05) is 6.07 Å². The van der Waals surface area contributed by atoms with Crippen molar-refractivity contribution in [3.05, 3.63) is 70.4 Å². The maximum absolute atomic E-state index is 15.1. The molecular weight excluding hydrogens is 407 g/mol. The molecule has 2 N–H and O–H groups in total. The zero-order chi connectivity index (χ0) is 22.7. The highest BCUT2D eigenvalue weighted by Crippen LogP contribution is 2.35. The van der Waals surface area contributed by atoms with Gasteiger partial charge < -0.3 is 15.0 Å². The predicted octanol–water partition coefficient (Wildman–Crippen LogP) is 4.35. The van der Waals surface area contributed by atoms with Crippen LogP contribution in [0.5, 0.6) is 5.75 Å². The van der Waals surface area contributed by atoms with Gasteiger partial charge in [-0.2, -0.15) is 0 Å². The summed E-state index contributed by atoms with van der Waals surface area (Å²) in [5.41, 5.74) is 3.27. The Balaban J connectivity index is 1.57.